The van der Waals surface area contributed by atoms with Gasteiger partial charge in [0.2, 0.25) is 0 Å². The van der Waals surface area contributed by atoms with Crippen molar-refractivity contribution in [3.05, 3.63) is 35.3 Å². The van der Waals surface area contributed by atoms with Crippen LogP contribution in [-0.2, 0) is 0 Å². The van der Waals surface area contributed by atoms with Crippen molar-refractivity contribution >= 4 is 16.6 Å². The number of hydrogen-bond donors (Lipinski definition) is 1. The number of fused-ring (bicyclic) bond motifs is 1. The van der Waals surface area contributed by atoms with Crippen LogP contribution in [0.1, 0.15) is 25.5 Å². The van der Waals surface area contributed by atoms with Gasteiger partial charge < -0.3 is 9.72 Å². The SMILES string of the molecule is [C-]#[N+]c1cc(OC)c2cc(C(C)C)[nH]c2c1. The molecule has 0 aliphatic heterocycles. The minimum Gasteiger partial charge on any atom is -0.497 e. The summed E-state index contributed by atoms with van der Waals surface area (Å²) >= 11 is 0. The molecule has 0 saturated carbocycles. The summed E-state index contributed by atoms with van der Waals surface area (Å²) < 4.78 is 5.30. The second kappa shape index (κ2) is 3.90. The molecule has 1 N–H and O–H groups in total. The van der Waals surface area contributed by atoms with Gasteiger partial charge in [-0.1, -0.05) is 13.8 Å². The van der Waals surface area contributed by atoms with E-state index in [1.54, 1.807) is 13.2 Å². The first-order valence-corrected chi connectivity index (χ1v) is 5.24. The Morgan fingerprint density at radius 1 is 1.31 bits per heavy atom. The van der Waals surface area contributed by atoms with Gasteiger partial charge in [0.25, 0.3) is 0 Å². The minimum absolute atomic E-state index is 0.438. The fourth-order valence-electron chi connectivity index (χ4n) is 1.76. The van der Waals surface area contributed by atoms with Crippen LogP contribution in [0.25, 0.3) is 15.7 Å². The van der Waals surface area contributed by atoms with Crippen LogP contribution >= 0.6 is 0 Å². The predicted molar refractivity (Wildman–Crippen MR) is 65.2 cm³/mol. The van der Waals surface area contributed by atoms with Crippen molar-refractivity contribution in [1.29, 1.82) is 0 Å². The largest absolute Gasteiger partial charge is 0.497 e. The number of nitrogens with zero attached hydrogens (tertiary/aromatic N) is 1. The number of aromatic amines is 1. The second-order valence-electron chi connectivity index (χ2n) is 4.10. The van der Waals surface area contributed by atoms with E-state index in [4.69, 9.17) is 11.3 Å². The Morgan fingerprint density at radius 3 is 2.62 bits per heavy atom. The zero-order valence-electron chi connectivity index (χ0n) is 9.66. The lowest BCUT2D eigenvalue weighted by Gasteiger charge is -2.01. The normalized spacial score (nSPS) is 10.7. The van der Waals surface area contributed by atoms with Crippen molar-refractivity contribution in [2.75, 3.05) is 7.11 Å². The Kier molecular flexibility index (Phi) is 2.57. The van der Waals surface area contributed by atoms with E-state index < -0.39 is 0 Å². The summed E-state index contributed by atoms with van der Waals surface area (Å²) in [6, 6.07) is 5.72. The molecular formula is C13H14N2O. The molecule has 0 radical (unpaired) electrons. The first kappa shape index (κ1) is 10.6. The number of benzene rings is 1. The highest BCUT2D eigenvalue weighted by atomic mass is 16.5. The van der Waals surface area contributed by atoms with Crippen LogP contribution in [-0.4, -0.2) is 12.1 Å². The molecule has 3 heteroatoms. The van der Waals surface area contributed by atoms with Crippen molar-refractivity contribution in [1.82, 2.24) is 4.98 Å². The van der Waals surface area contributed by atoms with E-state index in [0.717, 1.165) is 22.3 Å². The van der Waals surface area contributed by atoms with Crippen molar-refractivity contribution < 1.29 is 4.74 Å². The Balaban J connectivity index is 2.71. The third-order valence-electron chi connectivity index (χ3n) is 2.68. The predicted octanol–water partition coefficient (Wildman–Crippen LogP) is 3.85. The first-order chi connectivity index (χ1) is 7.65. The molecular weight excluding hydrogens is 200 g/mol. The average molecular weight is 214 g/mol. The fourth-order valence-corrected chi connectivity index (χ4v) is 1.76. The Labute approximate surface area is 94.9 Å². The van der Waals surface area contributed by atoms with Crippen LogP contribution in [0.4, 0.5) is 5.69 Å². The third-order valence-corrected chi connectivity index (χ3v) is 2.68. The molecule has 0 spiro atoms. The van der Waals surface area contributed by atoms with Gasteiger partial charge in [0, 0.05) is 16.6 Å². The molecule has 0 atom stereocenters. The zero-order valence-corrected chi connectivity index (χ0v) is 9.66. The molecule has 1 heterocycles. The zero-order chi connectivity index (χ0) is 11.7. The van der Waals surface area contributed by atoms with Gasteiger partial charge in [0.15, 0.2) is 5.69 Å². The monoisotopic (exact) mass is 214 g/mol. The summed E-state index contributed by atoms with van der Waals surface area (Å²) in [4.78, 5) is 6.75. The number of aromatic nitrogens is 1. The maximum atomic E-state index is 7.04. The molecule has 0 fully saturated rings. The Bertz CT molecular complexity index is 561. The molecule has 2 rings (SSSR count). The molecule has 0 unspecified atom stereocenters. The smallest absolute Gasteiger partial charge is 0.192 e. The quantitative estimate of drug-likeness (QED) is 0.756. The third kappa shape index (κ3) is 1.63. The molecule has 0 aliphatic carbocycles. The van der Waals surface area contributed by atoms with Crippen molar-refractivity contribution in [3.63, 3.8) is 0 Å². The lowest BCUT2D eigenvalue weighted by molar-refractivity contribution is 0.420. The van der Waals surface area contributed by atoms with Crippen molar-refractivity contribution in [2.24, 2.45) is 0 Å². The molecule has 3 nitrogen and oxygen atoms in total. The van der Waals surface area contributed by atoms with Gasteiger partial charge in [0.05, 0.1) is 13.7 Å². The second-order valence-corrected chi connectivity index (χ2v) is 4.10. The molecule has 0 aliphatic rings. The van der Waals surface area contributed by atoms with Crippen molar-refractivity contribution in [3.8, 4) is 5.75 Å². The van der Waals surface area contributed by atoms with Gasteiger partial charge in [-0.2, -0.15) is 0 Å². The molecule has 1 aromatic carbocycles. The summed E-state index contributed by atoms with van der Waals surface area (Å²) in [6.45, 7) is 11.3. The van der Waals surface area contributed by atoms with Crippen LogP contribution in [0, 0.1) is 6.57 Å². The van der Waals surface area contributed by atoms with Crippen LogP contribution in [0.15, 0.2) is 18.2 Å². The number of rotatable bonds is 2. The molecule has 1 aromatic heterocycles. The summed E-state index contributed by atoms with van der Waals surface area (Å²) in [6.07, 6.45) is 0. The molecule has 16 heavy (non-hydrogen) atoms. The molecule has 0 bridgehead atoms. The van der Waals surface area contributed by atoms with Crippen molar-refractivity contribution in [2.45, 2.75) is 19.8 Å². The minimum atomic E-state index is 0.438. The fraction of sp³-hybridized carbons (Fsp3) is 0.308. The molecule has 0 amide bonds. The van der Waals surface area contributed by atoms with Gasteiger partial charge >= 0.3 is 0 Å². The van der Waals surface area contributed by atoms with Gasteiger partial charge in [-0.3, -0.25) is 0 Å². The lowest BCUT2D eigenvalue weighted by Crippen LogP contribution is -1.84. The average Bonchev–Trinajstić information content (AvgIpc) is 2.71. The van der Waals surface area contributed by atoms with E-state index in [0.29, 0.717) is 11.6 Å². The number of methoxy groups -OCH3 is 1. The molecule has 0 saturated heterocycles. The highest BCUT2D eigenvalue weighted by Gasteiger charge is 2.09. The molecule has 82 valence electrons. The van der Waals surface area contributed by atoms with E-state index in [1.165, 1.54) is 0 Å². The van der Waals surface area contributed by atoms with Gasteiger partial charge in [-0.05, 0) is 24.1 Å². The lowest BCUT2D eigenvalue weighted by atomic mass is 10.1. The van der Waals surface area contributed by atoms with Crippen LogP contribution in [0.5, 0.6) is 5.75 Å². The topological polar surface area (TPSA) is 29.4 Å². The first-order valence-electron chi connectivity index (χ1n) is 5.24. The maximum Gasteiger partial charge on any atom is 0.192 e. The summed E-state index contributed by atoms with van der Waals surface area (Å²) in [5.41, 5.74) is 2.73. The van der Waals surface area contributed by atoms with Crippen LogP contribution < -0.4 is 4.74 Å². The van der Waals surface area contributed by atoms with Gasteiger partial charge in [-0.25, -0.2) is 4.85 Å². The summed E-state index contributed by atoms with van der Waals surface area (Å²) in [7, 11) is 1.63. The Morgan fingerprint density at radius 2 is 2.06 bits per heavy atom. The van der Waals surface area contributed by atoms with Gasteiger partial charge in [-0.15, -0.1) is 0 Å². The van der Waals surface area contributed by atoms with E-state index in [9.17, 15) is 0 Å². The molecule has 2 aromatic rings. The maximum absolute atomic E-state index is 7.04. The van der Waals surface area contributed by atoms with E-state index >= 15 is 0 Å². The van der Waals surface area contributed by atoms with Crippen LogP contribution in [0.3, 0.4) is 0 Å². The number of nitrogens with one attached hydrogen (secondary N) is 1. The Hall–Kier alpha value is -1.95. The van der Waals surface area contributed by atoms with Gasteiger partial charge in [0.1, 0.15) is 5.75 Å². The van der Waals surface area contributed by atoms with Crippen LogP contribution in [0.2, 0.25) is 0 Å². The highest BCUT2D eigenvalue weighted by molar-refractivity contribution is 5.90. The van der Waals surface area contributed by atoms with E-state index in [1.807, 2.05) is 6.07 Å². The standard InChI is InChI=1S/C13H14N2O/c1-8(2)11-7-10-12(15-11)5-9(14-3)6-13(10)16-4/h5-8,15H,1-2,4H3. The number of H-pyrrole nitrogens is 1. The van der Waals surface area contributed by atoms with E-state index in [2.05, 4.69) is 29.7 Å². The highest BCUT2D eigenvalue weighted by Crippen LogP contribution is 2.33. The summed E-state index contributed by atoms with van der Waals surface area (Å²) in [5.74, 6) is 1.19. The number of ether oxygens (including phenoxy) is 1. The van der Waals surface area contributed by atoms with E-state index in [-0.39, 0.29) is 0 Å². The number of hydrogen-bond acceptors (Lipinski definition) is 1. The summed E-state index contributed by atoms with van der Waals surface area (Å²) in [5, 5.41) is 1.04.